The van der Waals surface area contributed by atoms with Gasteiger partial charge in [-0.2, -0.15) is 0 Å². The summed E-state index contributed by atoms with van der Waals surface area (Å²) in [6.45, 7) is 7.90. The minimum absolute atomic E-state index is 0.0445. The van der Waals surface area contributed by atoms with Crippen molar-refractivity contribution in [3.63, 3.8) is 0 Å². The molecule has 1 unspecified atom stereocenters. The zero-order chi connectivity index (χ0) is 22.7. The first-order chi connectivity index (χ1) is 14.8. The molecule has 0 bridgehead atoms. The Morgan fingerprint density at radius 2 is 2.00 bits per heavy atom. The summed E-state index contributed by atoms with van der Waals surface area (Å²) in [5.74, 6) is -0.753. The van der Waals surface area contributed by atoms with Crippen molar-refractivity contribution < 1.29 is 19.8 Å². The number of H-pyrrole nitrogens is 1. The lowest BCUT2D eigenvalue weighted by molar-refractivity contribution is -0.139. The number of carboxylic acids is 1. The van der Waals surface area contributed by atoms with Gasteiger partial charge in [0.15, 0.2) is 0 Å². The maximum atomic E-state index is 12.9. The van der Waals surface area contributed by atoms with Crippen molar-refractivity contribution in [2.75, 3.05) is 26.7 Å². The van der Waals surface area contributed by atoms with E-state index >= 15 is 0 Å². The monoisotopic (exact) mass is 427 g/mol. The zero-order valence-electron chi connectivity index (χ0n) is 18.8. The molecule has 2 aromatic rings. The Kier molecular flexibility index (Phi) is 7.18. The van der Waals surface area contributed by atoms with E-state index in [4.69, 9.17) is 10.2 Å². The van der Waals surface area contributed by atoms with Crippen LogP contribution in [0.1, 0.15) is 38.3 Å². The minimum atomic E-state index is -0.963. The van der Waals surface area contributed by atoms with E-state index in [0.717, 1.165) is 26.1 Å². The lowest BCUT2D eigenvalue weighted by Gasteiger charge is -2.40. The van der Waals surface area contributed by atoms with Gasteiger partial charge in [-0.05, 0) is 57.0 Å². The second-order valence-electron chi connectivity index (χ2n) is 8.39. The molecule has 0 saturated carbocycles. The first-order valence-electron chi connectivity index (χ1n) is 11.0. The molecule has 0 saturated heterocycles. The summed E-state index contributed by atoms with van der Waals surface area (Å²) < 4.78 is 0. The topological polar surface area (TPSA) is 96.9 Å². The van der Waals surface area contributed by atoms with E-state index in [1.54, 1.807) is 0 Å². The maximum absolute atomic E-state index is 12.9. The molecule has 2 aliphatic rings. The highest BCUT2D eigenvalue weighted by Crippen LogP contribution is 2.40. The molecule has 1 amide bonds. The molecular formula is C24H33N3O4. The number of hydrogen-bond donors (Lipinski definition) is 3. The van der Waals surface area contributed by atoms with Crippen LogP contribution in [0.3, 0.4) is 0 Å². The summed E-state index contributed by atoms with van der Waals surface area (Å²) in [5.41, 5.74) is 5.21. The Hall–Kier alpha value is -2.64. The second-order valence-corrected chi connectivity index (χ2v) is 8.39. The number of benzene rings is 1. The largest absolute Gasteiger partial charge is 0.481 e. The molecule has 3 N–H and O–H groups in total. The van der Waals surface area contributed by atoms with Crippen LogP contribution >= 0.6 is 0 Å². The lowest BCUT2D eigenvalue weighted by atomic mass is 9.79. The average molecular weight is 428 g/mol. The fraction of sp³-hybridized carbons (Fsp3) is 0.500. The smallest absolute Gasteiger partial charge is 0.305 e. The van der Waals surface area contributed by atoms with E-state index in [9.17, 15) is 9.59 Å². The summed E-state index contributed by atoms with van der Waals surface area (Å²) in [7, 11) is 2.15. The van der Waals surface area contributed by atoms with Crippen molar-refractivity contribution in [3.05, 3.63) is 41.6 Å². The normalized spacial score (nSPS) is 20.9. The van der Waals surface area contributed by atoms with Gasteiger partial charge in [-0.25, -0.2) is 0 Å². The molecule has 168 valence electrons. The number of amides is 1. The van der Waals surface area contributed by atoms with Crippen molar-refractivity contribution in [1.82, 2.24) is 14.8 Å². The fourth-order valence-corrected chi connectivity index (χ4v) is 4.63. The molecule has 4 rings (SSSR count). The highest BCUT2D eigenvalue weighted by Gasteiger charge is 2.36. The van der Waals surface area contributed by atoms with Gasteiger partial charge < -0.3 is 20.1 Å². The summed E-state index contributed by atoms with van der Waals surface area (Å²) in [6, 6.07) is 6.82. The number of rotatable bonds is 5. The Labute approximate surface area is 183 Å². The molecule has 1 aliphatic carbocycles. The van der Waals surface area contributed by atoms with Crippen LogP contribution in [0, 0.1) is 5.92 Å². The lowest BCUT2D eigenvalue weighted by Crippen LogP contribution is -2.47. The molecule has 7 heteroatoms. The molecule has 1 aromatic carbocycles. The van der Waals surface area contributed by atoms with Crippen LogP contribution in [0.4, 0.5) is 0 Å². The Morgan fingerprint density at radius 3 is 2.58 bits per heavy atom. The van der Waals surface area contributed by atoms with Crippen LogP contribution in [-0.2, 0) is 16.0 Å². The molecule has 0 spiro atoms. The SMILES string of the molecule is CC(O)CC(=O)O.CCN(CC)C(=O)[C@@H]1C=C2c3cccc4[nH]cc(c34)C[C@H]2N(C)C1. The van der Waals surface area contributed by atoms with Gasteiger partial charge in [0.2, 0.25) is 5.91 Å². The van der Waals surface area contributed by atoms with E-state index in [-0.39, 0.29) is 18.2 Å². The van der Waals surface area contributed by atoms with Gasteiger partial charge in [0.25, 0.3) is 0 Å². The second kappa shape index (κ2) is 9.66. The number of carbonyl (C=O) groups is 2. The number of aliphatic hydroxyl groups excluding tert-OH is 1. The standard InChI is InChI=1S/C20H25N3O.C4H8O3/c1-4-23(5-2)20(24)14-9-16-15-7-6-8-17-19(15)13(11-21-17)10-18(16)22(3)12-14;1-3(5)2-4(6)7/h6-9,11,14,18,21H,4-5,10,12H2,1-3H3;3,5H,2H2,1H3,(H,6,7)/t14-,18-;/m1./s1. The van der Waals surface area contributed by atoms with Gasteiger partial charge in [-0.3, -0.25) is 14.5 Å². The van der Waals surface area contributed by atoms with Crippen molar-refractivity contribution in [1.29, 1.82) is 0 Å². The number of hydrogen-bond acceptors (Lipinski definition) is 4. The molecular weight excluding hydrogens is 394 g/mol. The number of likely N-dealkylation sites (N-methyl/N-ethyl adjacent to an activating group) is 1. The van der Waals surface area contributed by atoms with Crippen LogP contribution in [-0.4, -0.2) is 75.7 Å². The van der Waals surface area contributed by atoms with Gasteiger partial charge in [-0.15, -0.1) is 0 Å². The number of fused-ring (bicyclic) bond motifs is 2. The predicted molar refractivity (Wildman–Crippen MR) is 122 cm³/mol. The quantitative estimate of drug-likeness (QED) is 0.682. The number of aromatic nitrogens is 1. The third-order valence-electron chi connectivity index (χ3n) is 6.13. The van der Waals surface area contributed by atoms with Crippen molar-refractivity contribution in [2.24, 2.45) is 5.92 Å². The number of carboxylic acid groups (broad SMARTS) is 1. The first-order valence-corrected chi connectivity index (χ1v) is 11.0. The van der Waals surface area contributed by atoms with Crippen LogP contribution in [0.5, 0.6) is 0 Å². The molecule has 2 heterocycles. The first kappa shape index (κ1) is 23.0. The van der Waals surface area contributed by atoms with Crippen LogP contribution < -0.4 is 0 Å². The Bertz CT molecular complexity index is 974. The molecule has 7 nitrogen and oxygen atoms in total. The third-order valence-corrected chi connectivity index (χ3v) is 6.13. The van der Waals surface area contributed by atoms with Gasteiger partial charge in [-0.1, -0.05) is 18.2 Å². The summed E-state index contributed by atoms with van der Waals surface area (Å²) >= 11 is 0. The van der Waals surface area contributed by atoms with Crippen molar-refractivity contribution in [2.45, 2.75) is 45.8 Å². The minimum Gasteiger partial charge on any atom is -0.481 e. The zero-order valence-corrected chi connectivity index (χ0v) is 18.8. The summed E-state index contributed by atoms with van der Waals surface area (Å²) in [5, 5.41) is 17.6. The van der Waals surface area contributed by atoms with Gasteiger partial charge in [0.1, 0.15) is 0 Å². The molecule has 0 radical (unpaired) electrons. The number of aromatic amines is 1. The van der Waals surface area contributed by atoms with E-state index in [1.165, 1.54) is 34.5 Å². The summed E-state index contributed by atoms with van der Waals surface area (Å²) in [6.07, 6.45) is 4.52. The number of carbonyl (C=O) groups excluding carboxylic acids is 1. The third kappa shape index (κ3) is 4.83. The molecule has 0 fully saturated rings. The van der Waals surface area contributed by atoms with Crippen LogP contribution in [0.2, 0.25) is 0 Å². The van der Waals surface area contributed by atoms with E-state index in [2.05, 4.69) is 61.3 Å². The highest BCUT2D eigenvalue weighted by molar-refractivity contribution is 5.99. The number of nitrogens with zero attached hydrogens (tertiary/aromatic N) is 2. The molecule has 1 aliphatic heterocycles. The van der Waals surface area contributed by atoms with Crippen molar-refractivity contribution >= 4 is 28.4 Å². The van der Waals surface area contributed by atoms with Crippen LogP contribution in [0.25, 0.3) is 16.5 Å². The van der Waals surface area contributed by atoms with Crippen molar-refractivity contribution in [3.8, 4) is 0 Å². The Morgan fingerprint density at radius 1 is 1.29 bits per heavy atom. The number of nitrogens with one attached hydrogen (secondary N) is 1. The van der Waals surface area contributed by atoms with Crippen LogP contribution in [0.15, 0.2) is 30.5 Å². The molecule has 31 heavy (non-hydrogen) atoms. The van der Waals surface area contributed by atoms with E-state index in [1.807, 2.05) is 4.90 Å². The number of aliphatic hydroxyl groups is 1. The highest BCUT2D eigenvalue weighted by atomic mass is 16.4. The van der Waals surface area contributed by atoms with E-state index in [0.29, 0.717) is 6.04 Å². The molecule has 1 aromatic heterocycles. The van der Waals surface area contributed by atoms with E-state index < -0.39 is 12.1 Å². The fourth-order valence-electron chi connectivity index (χ4n) is 4.63. The summed E-state index contributed by atoms with van der Waals surface area (Å²) in [4.78, 5) is 30.2. The van der Waals surface area contributed by atoms with Gasteiger partial charge in [0, 0.05) is 42.8 Å². The van der Waals surface area contributed by atoms with Gasteiger partial charge >= 0.3 is 5.97 Å². The maximum Gasteiger partial charge on any atom is 0.305 e. The van der Waals surface area contributed by atoms with Gasteiger partial charge in [0.05, 0.1) is 18.4 Å². The Balaban J connectivity index is 0.000000339. The predicted octanol–water partition coefficient (Wildman–Crippen LogP) is 2.75. The average Bonchev–Trinajstić information content (AvgIpc) is 3.13. The number of aliphatic carboxylic acids is 1. The molecule has 3 atom stereocenters.